The molecule has 0 unspecified atom stereocenters. The minimum atomic E-state index is 1.25. The lowest BCUT2D eigenvalue weighted by atomic mass is 9.82. The Morgan fingerprint density at radius 2 is 0.717 bits per heavy atom. The summed E-state index contributed by atoms with van der Waals surface area (Å²) in [6.07, 6.45) is 0. The second-order valence-electron chi connectivity index (χ2n) is 12.4. The average Bonchev–Trinajstić information content (AvgIpc) is 3.13. The molecule has 0 heterocycles. The van der Waals surface area contributed by atoms with E-state index in [0.717, 1.165) is 0 Å². The third-order valence-electron chi connectivity index (χ3n) is 9.99. The predicted octanol–water partition coefficient (Wildman–Crippen LogP) is 13.1. The standard InChI is InChI=1S/C46H28/c1-4-14-34-29(11-1)21-22-31-23-24-33(28-42(31)34)44-39-19-9-10-20-40(39)46(45-36-16-6-2-12-30(36)25-26-41(44)45)43-27-32-13-3-5-15-35(32)37-17-7-8-18-38(37)43/h1-28H. The van der Waals surface area contributed by atoms with Crippen molar-refractivity contribution in [3.63, 3.8) is 0 Å². The van der Waals surface area contributed by atoms with Gasteiger partial charge in [0.15, 0.2) is 0 Å². The molecule has 0 heteroatoms. The zero-order valence-corrected chi connectivity index (χ0v) is 25.2. The summed E-state index contributed by atoms with van der Waals surface area (Å²) in [5.41, 5.74) is 5.12. The van der Waals surface area contributed by atoms with Crippen molar-refractivity contribution in [3.05, 3.63) is 170 Å². The van der Waals surface area contributed by atoms with Crippen LogP contribution in [0.1, 0.15) is 0 Å². The van der Waals surface area contributed by atoms with Gasteiger partial charge in [-0.25, -0.2) is 0 Å². The van der Waals surface area contributed by atoms with E-state index >= 15 is 0 Å². The molecule has 0 fully saturated rings. The van der Waals surface area contributed by atoms with Crippen LogP contribution in [0.15, 0.2) is 170 Å². The first-order valence-electron chi connectivity index (χ1n) is 16.0. The van der Waals surface area contributed by atoms with E-state index in [1.54, 1.807) is 0 Å². The Labute approximate surface area is 266 Å². The number of hydrogen-bond donors (Lipinski definition) is 0. The summed E-state index contributed by atoms with van der Waals surface area (Å²) in [7, 11) is 0. The second kappa shape index (κ2) is 9.76. The van der Waals surface area contributed by atoms with Gasteiger partial charge in [-0.3, -0.25) is 0 Å². The molecule has 10 aromatic rings. The van der Waals surface area contributed by atoms with Gasteiger partial charge in [0, 0.05) is 0 Å². The lowest BCUT2D eigenvalue weighted by Crippen LogP contribution is -1.93. The predicted molar refractivity (Wildman–Crippen MR) is 200 cm³/mol. The fraction of sp³-hybridized carbons (Fsp3) is 0. The summed E-state index contributed by atoms with van der Waals surface area (Å²) in [5, 5.41) is 17.9. The van der Waals surface area contributed by atoms with Crippen molar-refractivity contribution in [3.8, 4) is 22.3 Å². The Hall–Kier alpha value is -5.98. The minimum absolute atomic E-state index is 1.25. The zero-order chi connectivity index (χ0) is 30.2. The molecular formula is C46H28. The fourth-order valence-corrected chi connectivity index (χ4v) is 7.96. The highest BCUT2D eigenvalue weighted by molar-refractivity contribution is 6.31. The van der Waals surface area contributed by atoms with Crippen molar-refractivity contribution in [1.29, 1.82) is 0 Å². The molecule has 0 radical (unpaired) electrons. The third kappa shape index (κ3) is 3.62. The van der Waals surface area contributed by atoms with Crippen LogP contribution < -0.4 is 0 Å². The Kier molecular flexibility index (Phi) is 5.38. The zero-order valence-electron chi connectivity index (χ0n) is 25.2. The molecule has 0 saturated heterocycles. The quantitative estimate of drug-likeness (QED) is 0.141. The number of hydrogen-bond acceptors (Lipinski definition) is 0. The third-order valence-corrected chi connectivity index (χ3v) is 9.99. The van der Waals surface area contributed by atoms with Crippen molar-refractivity contribution in [2.75, 3.05) is 0 Å². The van der Waals surface area contributed by atoms with Gasteiger partial charge >= 0.3 is 0 Å². The molecule has 212 valence electrons. The van der Waals surface area contributed by atoms with Gasteiger partial charge in [0.1, 0.15) is 0 Å². The van der Waals surface area contributed by atoms with Crippen LogP contribution >= 0.6 is 0 Å². The lowest BCUT2D eigenvalue weighted by molar-refractivity contribution is 1.70. The SMILES string of the molecule is c1ccc2c(c1)ccc1ccc(-c3c4ccccc4c(-c4cc5ccccc5c5ccccc45)c4c3ccc3ccccc34)cc12. The normalized spacial score (nSPS) is 11.9. The van der Waals surface area contributed by atoms with E-state index in [9.17, 15) is 0 Å². The average molecular weight is 581 g/mol. The van der Waals surface area contributed by atoms with Gasteiger partial charge in [-0.2, -0.15) is 0 Å². The molecule has 10 aromatic carbocycles. The molecule has 0 aliphatic rings. The smallest absolute Gasteiger partial charge is 0.00137 e. The summed E-state index contributed by atoms with van der Waals surface area (Å²) in [6, 6.07) is 62.9. The van der Waals surface area contributed by atoms with E-state index < -0.39 is 0 Å². The molecule has 0 aliphatic heterocycles. The van der Waals surface area contributed by atoms with Crippen molar-refractivity contribution >= 4 is 75.4 Å². The first kappa shape index (κ1) is 25.4. The number of rotatable bonds is 2. The van der Waals surface area contributed by atoms with Gasteiger partial charge < -0.3 is 0 Å². The maximum atomic E-state index is 2.42. The Morgan fingerprint density at radius 1 is 0.239 bits per heavy atom. The highest BCUT2D eigenvalue weighted by atomic mass is 14.2. The summed E-state index contributed by atoms with van der Waals surface area (Å²) in [5.74, 6) is 0. The molecule has 0 bridgehead atoms. The van der Waals surface area contributed by atoms with Crippen LogP contribution in [0.3, 0.4) is 0 Å². The topological polar surface area (TPSA) is 0 Å². The van der Waals surface area contributed by atoms with E-state index in [2.05, 4.69) is 170 Å². The van der Waals surface area contributed by atoms with Crippen LogP contribution in [-0.2, 0) is 0 Å². The maximum Gasteiger partial charge on any atom is -0.00137 e. The molecule has 0 saturated carbocycles. The second-order valence-corrected chi connectivity index (χ2v) is 12.4. The van der Waals surface area contributed by atoms with E-state index in [-0.39, 0.29) is 0 Å². The van der Waals surface area contributed by atoms with Gasteiger partial charge in [-0.1, -0.05) is 158 Å². The Bertz CT molecular complexity index is 2850. The summed E-state index contributed by atoms with van der Waals surface area (Å²) >= 11 is 0. The van der Waals surface area contributed by atoms with Gasteiger partial charge in [0.2, 0.25) is 0 Å². The molecule has 46 heavy (non-hydrogen) atoms. The van der Waals surface area contributed by atoms with Crippen LogP contribution in [0.5, 0.6) is 0 Å². The molecule has 10 rings (SSSR count). The Morgan fingerprint density at radius 3 is 1.46 bits per heavy atom. The molecule has 0 aliphatic carbocycles. The summed E-state index contributed by atoms with van der Waals surface area (Å²) < 4.78 is 0. The van der Waals surface area contributed by atoms with Gasteiger partial charge in [-0.15, -0.1) is 0 Å². The van der Waals surface area contributed by atoms with Crippen molar-refractivity contribution < 1.29 is 0 Å². The van der Waals surface area contributed by atoms with Crippen molar-refractivity contribution in [1.82, 2.24) is 0 Å². The summed E-state index contributed by atoms with van der Waals surface area (Å²) in [6.45, 7) is 0. The van der Waals surface area contributed by atoms with Crippen molar-refractivity contribution in [2.45, 2.75) is 0 Å². The summed E-state index contributed by atoms with van der Waals surface area (Å²) in [4.78, 5) is 0. The minimum Gasteiger partial charge on any atom is -0.0616 e. The van der Waals surface area contributed by atoms with E-state index in [0.29, 0.717) is 0 Å². The van der Waals surface area contributed by atoms with Crippen molar-refractivity contribution in [2.24, 2.45) is 0 Å². The maximum absolute atomic E-state index is 2.42. The molecule has 0 N–H and O–H groups in total. The van der Waals surface area contributed by atoms with E-state index in [1.807, 2.05) is 0 Å². The molecule has 0 spiro atoms. The Balaban J connectivity index is 1.42. The largest absolute Gasteiger partial charge is 0.0616 e. The molecule has 0 amide bonds. The van der Waals surface area contributed by atoms with Crippen LogP contribution in [-0.4, -0.2) is 0 Å². The molecule has 0 atom stereocenters. The van der Waals surface area contributed by atoms with Gasteiger partial charge in [0.25, 0.3) is 0 Å². The highest BCUT2D eigenvalue weighted by Gasteiger charge is 2.21. The van der Waals surface area contributed by atoms with Crippen LogP contribution in [0.25, 0.3) is 97.7 Å². The number of fused-ring (bicyclic) bond motifs is 10. The molecule has 0 nitrogen and oxygen atoms in total. The van der Waals surface area contributed by atoms with E-state index in [4.69, 9.17) is 0 Å². The van der Waals surface area contributed by atoms with Gasteiger partial charge in [-0.05, 0) is 110 Å². The van der Waals surface area contributed by atoms with E-state index in [1.165, 1.54) is 97.7 Å². The van der Waals surface area contributed by atoms with Crippen LogP contribution in [0.4, 0.5) is 0 Å². The molecular weight excluding hydrogens is 553 g/mol. The highest BCUT2D eigenvalue weighted by Crippen LogP contribution is 2.49. The monoisotopic (exact) mass is 580 g/mol. The first-order chi connectivity index (χ1) is 22.8. The number of benzene rings is 10. The first-order valence-corrected chi connectivity index (χ1v) is 16.0. The van der Waals surface area contributed by atoms with Crippen LogP contribution in [0, 0.1) is 0 Å². The lowest BCUT2D eigenvalue weighted by Gasteiger charge is -2.21. The molecule has 0 aromatic heterocycles. The van der Waals surface area contributed by atoms with Crippen LogP contribution in [0.2, 0.25) is 0 Å². The van der Waals surface area contributed by atoms with Gasteiger partial charge in [0.05, 0.1) is 0 Å². The fourth-order valence-electron chi connectivity index (χ4n) is 7.96.